The topological polar surface area (TPSA) is 47.1 Å². The van der Waals surface area contributed by atoms with Crippen molar-refractivity contribution < 1.29 is 9.59 Å². The van der Waals surface area contributed by atoms with Crippen LogP contribution in [0.25, 0.3) is 0 Å². The standard InChI is InChI=1S/C19H34N4O2/c1-20(2)19(25)23-14-8-17(9-15-23)21-12-6-16(7-13-21)18(24)22-10-4-3-5-11-22/h16-17H,3-15H2,1-2H3. The Bertz CT molecular complexity index is 460. The maximum atomic E-state index is 12.7. The number of hydrogen-bond acceptors (Lipinski definition) is 3. The van der Waals surface area contributed by atoms with Gasteiger partial charge in [0.2, 0.25) is 5.91 Å². The molecule has 0 radical (unpaired) electrons. The van der Waals surface area contributed by atoms with Gasteiger partial charge < -0.3 is 19.6 Å². The zero-order valence-corrected chi connectivity index (χ0v) is 16.0. The third-order valence-electron chi connectivity index (χ3n) is 6.18. The summed E-state index contributed by atoms with van der Waals surface area (Å²) >= 11 is 0. The van der Waals surface area contributed by atoms with E-state index in [1.165, 1.54) is 19.3 Å². The van der Waals surface area contributed by atoms with Crippen molar-refractivity contribution >= 4 is 11.9 Å². The first-order valence-electron chi connectivity index (χ1n) is 10.1. The minimum absolute atomic E-state index is 0.129. The smallest absolute Gasteiger partial charge is 0.319 e. The molecule has 6 nitrogen and oxygen atoms in total. The predicted octanol–water partition coefficient (Wildman–Crippen LogP) is 1.86. The van der Waals surface area contributed by atoms with Gasteiger partial charge in [-0.15, -0.1) is 0 Å². The van der Waals surface area contributed by atoms with E-state index in [0.29, 0.717) is 11.9 Å². The molecular formula is C19H34N4O2. The van der Waals surface area contributed by atoms with E-state index in [1.807, 2.05) is 19.0 Å². The summed E-state index contributed by atoms with van der Waals surface area (Å²) in [6.45, 7) is 5.73. The first-order valence-corrected chi connectivity index (χ1v) is 10.1. The van der Waals surface area contributed by atoms with E-state index in [0.717, 1.165) is 65.0 Å². The zero-order valence-electron chi connectivity index (χ0n) is 16.0. The highest BCUT2D eigenvalue weighted by molar-refractivity contribution is 5.79. The van der Waals surface area contributed by atoms with Gasteiger partial charge in [-0.25, -0.2) is 4.79 Å². The zero-order chi connectivity index (χ0) is 17.8. The van der Waals surface area contributed by atoms with Crippen molar-refractivity contribution in [2.45, 2.75) is 51.0 Å². The van der Waals surface area contributed by atoms with Crippen molar-refractivity contribution in [3.63, 3.8) is 0 Å². The van der Waals surface area contributed by atoms with Crippen LogP contribution in [0.1, 0.15) is 44.9 Å². The van der Waals surface area contributed by atoms with Crippen molar-refractivity contribution in [3.8, 4) is 0 Å². The number of carbonyl (C=O) groups excluding carboxylic acids is 2. The summed E-state index contributed by atoms with van der Waals surface area (Å²) in [4.78, 5) is 33.0. The molecule has 3 heterocycles. The highest BCUT2D eigenvalue weighted by atomic mass is 16.2. The molecular weight excluding hydrogens is 316 g/mol. The van der Waals surface area contributed by atoms with Gasteiger partial charge in [-0.05, 0) is 58.0 Å². The van der Waals surface area contributed by atoms with Gasteiger partial charge in [0.05, 0.1) is 0 Å². The number of urea groups is 1. The van der Waals surface area contributed by atoms with Gasteiger partial charge in [-0.2, -0.15) is 0 Å². The van der Waals surface area contributed by atoms with Crippen LogP contribution in [0.5, 0.6) is 0 Å². The number of amides is 3. The average Bonchev–Trinajstić information content (AvgIpc) is 2.67. The van der Waals surface area contributed by atoms with Crippen molar-refractivity contribution in [1.82, 2.24) is 19.6 Å². The number of rotatable bonds is 2. The Morgan fingerprint density at radius 1 is 0.760 bits per heavy atom. The minimum atomic E-state index is 0.129. The normalized spacial score (nSPS) is 24.4. The van der Waals surface area contributed by atoms with Crippen LogP contribution in [0.2, 0.25) is 0 Å². The minimum Gasteiger partial charge on any atom is -0.342 e. The summed E-state index contributed by atoms with van der Waals surface area (Å²) in [5.74, 6) is 0.649. The molecule has 0 aromatic rings. The Hall–Kier alpha value is -1.30. The van der Waals surface area contributed by atoms with Crippen molar-refractivity contribution in [2.75, 3.05) is 53.4 Å². The third kappa shape index (κ3) is 4.46. The van der Waals surface area contributed by atoms with Crippen LogP contribution < -0.4 is 0 Å². The number of likely N-dealkylation sites (tertiary alicyclic amines) is 3. The van der Waals surface area contributed by atoms with Crippen molar-refractivity contribution in [1.29, 1.82) is 0 Å². The number of hydrogen-bond donors (Lipinski definition) is 0. The molecule has 3 rings (SSSR count). The summed E-state index contributed by atoms with van der Waals surface area (Å²) < 4.78 is 0. The lowest BCUT2D eigenvalue weighted by molar-refractivity contribution is -0.138. The fraction of sp³-hybridized carbons (Fsp3) is 0.895. The van der Waals surface area contributed by atoms with Gasteiger partial charge in [0.15, 0.2) is 0 Å². The fourth-order valence-electron chi connectivity index (χ4n) is 4.59. The van der Waals surface area contributed by atoms with Crippen LogP contribution in [-0.2, 0) is 4.79 Å². The molecule has 6 heteroatoms. The van der Waals surface area contributed by atoms with Gasteiger partial charge in [-0.1, -0.05) is 0 Å². The van der Waals surface area contributed by atoms with Crippen LogP contribution in [0.4, 0.5) is 4.79 Å². The second-order valence-corrected chi connectivity index (χ2v) is 8.09. The highest BCUT2D eigenvalue weighted by Crippen LogP contribution is 2.26. The Labute approximate surface area is 152 Å². The van der Waals surface area contributed by atoms with Crippen LogP contribution in [-0.4, -0.2) is 90.9 Å². The van der Waals surface area contributed by atoms with Gasteiger partial charge >= 0.3 is 6.03 Å². The summed E-state index contributed by atoms with van der Waals surface area (Å²) in [5.41, 5.74) is 0. The molecule has 3 aliphatic heterocycles. The van der Waals surface area contributed by atoms with Crippen LogP contribution in [0.15, 0.2) is 0 Å². The molecule has 3 amide bonds. The molecule has 142 valence electrons. The Morgan fingerprint density at radius 2 is 1.36 bits per heavy atom. The second-order valence-electron chi connectivity index (χ2n) is 8.09. The Morgan fingerprint density at radius 3 is 1.92 bits per heavy atom. The molecule has 0 aromatic heterocycles. The van der Waals surface area contributed by atoms with Crippen molar-refractivity contribution in [3.05, 3.63) is 0 Å². The van der Waals surface area contributed by atoms with Crippen LogP contribution >= 0.6 is 0 Å². The number of carbonyl (C=O) groups is 2. The summed E-state index contributed by atoms with van der Waals surface area (Å²) in [6, 6.07) is 0.710. The van der Waals surface area contributed by atoms with Crippen LogP contribution in [0, 0.1) is 5.92 Å². The summed E-state index contributed by atoms with van der Waals surface area (Å²) in [5, 5.41) is 0. The Kier molecular flexibility index (Phi) is 6.20. The second kappa shape index (κ2) is 8.39. The number of nitrogens with zero attached hydrogens (tertiary/aromatic N) is 4. The fourth-order valence-corrected chi connectivity index (χ4v) is 4.59. The lowest BCUT2D eigenvalue weighted by atomic mass is 9.92. The van der Waals surface area contributed by atoms with E-state index in [-0.39, 0.29) is 11.9 Å². The molecule has 0 N–H and O–H groups in total. The lowest BCUT2D eigenvalue weighted by Crippen LogP contribution is -2.52. The molecule has 3 aliphatic rings. The molecule has 0 saturated carbocycles. The van der Waals surface area contributed by atoms with Gasteiger partial charge in [0.1, 0.15) is 0 Å². The summed E-state index contributed by atoms with van der Waals surface area (Å²) in [6.07, 6.45) is 7.76. The first-order chi connectivity index (χ1) is 12.1. The molecule has 25 heavy (non-hydrogen) atoms. The molecule has 0 spiro atoms. The lowest BCUT2D eigenvalue weighted by Gasteiger charge is -2.42. The quantitative estimate of drug-likeness (QED) is 0.764. The SMILES string of the molecule is CN(C)C(=O)N1CCC(N2CCC(C(=O)N3CCCCC3)CC2)CC1. The molecule has 0 unspecified atom stereocenters. The van der Waals surface area contributed by atoms with Crippen molar-refractivity contribution in [2.24, 2.45) is 5.92 Å². The maximum Gasteiger partial charge on any atom is 0.319 e. The predicted molar refractivity (Wildman–Crippen MR) is 98.4 cm³/mol. The van der Waals surface area contributed by atoms with E-state index in [4.69, 9.17) is 0 Å². The maximum absolute atomic E-state index is 12.7. The van der Waals surface area contributed by atoms with E-state index in [2.05, 4.69) is 9.80 Å². The number of piperidine rings is 3. The van der Waals surface area contributed by atoms with Crippen LogP contribution in [0.3, 0.4) is 0 Å². The molecule has 0 bridgehead atoms. The molecule has 0 aliphatic carbocycles. The van der Waals surface area contributed by atoms with Gasteiger partial charge in [0, 0.05) is 52.2 Å². The third-order valence-corrected chi connectivity index (χ3v) is 6.18. The van der Waals surface area contributed by atoms with E-state index < -0.39 is 0 Å². The molecule has 0 atom stereocenters. The average molecular weight is 351 g/mol. The highest BCUT2D eigenvalue weighted by Gasteiger charge is 2.33. The van der Waals surface area contributed by atoms with Gasteiger partial charge in [-0.3, -0.25) is 4.79 Å². The monoisotopic (exact) mass is 350 g/mol. The van der Waals surface area contributed by atoms with Gasteiger partial charge in [0.25, 0.3) is 0 Å². The molecule has 0 aromatic carbocycles. The van der Waals surface area contributed by atoms with E-state index in [9.17, 15) is 9.59 Å². The molecule has 3 saturated heterocycles. The largest absolute Gasteiger partial charge is 0.342 e. The van der Waals surface area contributed by atoms with E-state index >= 15 is 0 Å². The molecule has 3 fully saturated rings. The first kappa shape index (κ1) is 18.5. The Balaban J connectivity index is 1.42. The summed E-state index contributed by atoms with van der Waals surface area (Å²) in [7, 11) is 3.64. The van der Waals surface area contributed by atoms with E-state index in [1.54, 1.807) is 4.90 Å².